The molecule has 0 unspecified atom stereocenters. The number of nitrogens with zero attached hydrogens (tertiary/aromatic N) is 1. The van der Waals surface area contributed by atoms with E-state index in [0.29, 0.717) is 5.56 Å². The molecule has 82 valence electrons. The average molecular weight is 211 g/mol. The van der Waals surface area contributed by atoms with Crippen LogP contribution in [-0.2, 0) is 6.54 Å². The van der Waals surface area contributed by atoms with Crippen molar-refractivity contribution in [3.05, 3.63) is 29.3 Å². The molecule has 4 nitrogen and oxygen atoms in total. The average Bonchev–Trinajstić information content (AvgIpc) is 2.17. The summed E-state index contributed by atoms with van der Waals surface area (Å²) < 4.78 is 13.6. The fourth-order valence-corrected chi connectivity index (χ4v) is 1.13. The van der Waals surface area contributed by atoms with Crippen LogP contribution in [-0.4, -0.2) is 16.9 Å². The standard InChI is InChI=1S/C10H14FN3O/c1-6(2)14-10(15)9-8(11)7(5-12)3-4-13-9/h3-4,6H,5,12H2,1-2H3,(H,14,15). The molecule has 0 aliphatic carbocycles. The summed E-state index contributed by atoms with van der Waals surface area (Å²) in [5.74, 6) is -1.16. The van der Waals surface area contributed by atoms with E-state index in [9.17, 15) is 9.18 Å². The van der Waals surface area contributed by atoms with Gasteiger partial charge < -0.3 is 11.1 Å². The molecule has 1 heterocycles. The van der Waals surface area contributed by atoms with Gasteiger partial charge in [0.25, 0.3) is 5.91 Å². The van der Waals surface area contributed by atoms with Crippen LogP contribution in [0.5, 0.6) is 0 Å². The minimum absolute atomic E-state index is 0.0519. The second-order valence-electron chi connectivity index (χ2n) is 3.46. The van der Waals surface area contributed by atoms with Gasteiger partial charge in [-0.05, 0) is 19.9 Å². The highest BCUT2D eigenvalue weighted by Gasteiger charge is 2.16. The zero-order chi connectivity index (χ0) is 11.4. The van der Waals surface area contributed by atoms with Gasteiger partial charge in [-0.3, -0.25) is 4.79 Å². The molecule has 5 heteroatoms. The van der Waals surface area contributed by atoms with Gasteiger partial charge in [-0.2, -0.15) is 0 Å². The predicted molar refractivity (Wildman–Crippen MR) is 54.7 cm³/mol. The van der Waals surface area contributed by atoms with E-state index in [0.717, 1.165) is 0 Å². The third kappa shape index (κ3) is 2.73. The summed E-state index contributed by atoms with van der Waals surface area (Å²) in [4.78, 5) is 15.2. The van der Waals surface area contributed by atoms with Crippen molar-refractivity contribution in [1.82, 2.24) is 10.3 Å². The molecule has 15 heavy (non-hydrogen) atoms. The summed E-state index contributed by atoms with van der Waals surface area (Å²) in [5.41, 5.74) is 5.41. The number of hydrogen-bond donors (Lipinski definition) is 2. The van der Waals surface area contributed by atoms with E-state index < -0.39 is 11.7 Å². The lowest BCUT2D eigenvalue weighted by atomic mass is 10.2. The maximum atomic E-state index is 13.6. The van der Waals surface area contributed by atoms with Crippen molar-refractivity contribution in [2.24, 2.45) is 5.73 Å². The predicted octanol–water partition coefficient (Wildman–Crippen LogP) is 0.818. The van der Waals surface area contributed by atoms with Gasteiger partial charge in [0, 0.05) is 24.3 Å². The van der Waals surface area contributed by atoms with Gasteiger partial charge in [0.15, 0.2) is 11.5 Å². The normalized spacial score (nSPS) is 10.5. The van der Waals surface area contributed by atoms with Crippen molar-refractivity contribution in [2.75, 3.05) is 0 Å². The Morgan fingerprint density at radius 1 is 1.67 bits per heavy atom. The summed E-state index contributed by atoms with van der Waals surface area (Å²) in [6.45, 7) is 3.64. The highest BCUT2D eigenvalue weighted by molar-refractivity contribution is 5.92. The van der Waals surface area contributed by atoms with E-state index in [2.05, 4.69) is 10.3 Å². The Balaban J connectivity index is 2.99. The monoisotopic (exact) mass is 211 g/mol. The van der Waals surface area contributed by atoms with Crippen LogP contribution >= 0.6 is 0 Å². The lowest BCUT2D eigenvalue weighted by Gasteiger charge is -2.09. The minimum Gasteiger partial charge on any atom is -0.348 e. The molecule has 0 spiro atoms. The van der Waals surface area contributed by atoms with Crippen molar-refractivity contribution in [3.8, 4) is 0 Å². The molecule has 0 bridgehead atoms. The van der Waals surface area contributed by atoms with Gasteiger partial charge in [-0.1, -0.05) is 0 Å². The molecular formula is C10H14FN3O. The molecule has 1 rings (SSSR count). The van der Waals surface area contributed by atoms with Gasteiger partial charge >= 0.3 is 0 Å². The number of carbonyl (C=O) groups excluding carboxylic acids is 1. The van der Waals surface area contributed by atoms with E-state index in [-0.39, 0.29) is 18.3 Å². The second-order valence-corrected chi connectivity index (χ2v) is 3.46. The van der Waals surface area contributed by atoms with Crippen molar-refractivity contribution in [1.29, 1.82) is 0 Å². The number of amides is 1. The van der Waals surface area contributed by atoms with E-state index in [1.165, 1.54) is 12.3 Å². The highest BCUT2D eigenvalue weighted by Crippen LogP contribution is 2.09. The van der Waals surface area contributed by atoms with Gasteiger partial charge in [0.1, 0.15) is 0 Å². The first-order chi connectivity index (χ1) is 7.06. The molecule has 1 amide bonds. The van der Waals surface area contributed by atoms with E-state index >= 15 is 0 Å². The molecule has 0 aliphatic heterocycles. The minimum atomic E-state index is -0.641. The highest BCUT2D eigenvalue weighted by atomic mass is 19.1. The van der Waals surface area contributed by atoms with Crippen LogP contribution in [0.15, 0.2) is 12.3 Å². The Bertz CT molecular complexity index is 366. The number of nitrogens with one attached hydrogen (secondary N) is 1. The number of pyridine rings is 1. The molecule has 3 N–H and O–H groups in total. The van der Waals surface area contributed by atoms with Gasteiger partial charge in [0.05, 0.1) is 0 Å². The SMILES string of the molecule is CC(C)NC(=O)c1nccc(CN)c1F. The first kappa shape index (κ1) is 11.6. The van der Waals surface area contributed by atoms with Gasteiger partial charge in [0.2, 0.25) is 0 Å². The van der Waals surface area contributed by atoms with Crippen LogP contribution in [0.4, 0.5) is 4.39 Å². The zero-order valence-electron chi connectivity index (χ0n) is 8.75. The second kappa shape index (κ2) is 4.84. The van der Waals surface area contributed by atoms with Crippen LogP contribution in [0.2, 0.25) is 0 Å². The smallest absolute Gasteiger partial charge is 0.273 e. The molecule has 0 fully saturated rings. The summed E-state index contributed by atoms with van der Waals surface area (Å²) in [7, 11) is 0. The third-order valence-corrected chi connectivity index (χ3v) is 1.82. The maximum absolute atomic E-state index is 13.6. The van der Waals surface area contributed by atoms with Crippen LogP contribution in [0.25, 0.3) is 0 Å². The summed E-state index contributed by atoms with van der Waals surface area (Å²) in [6, 6.07) is 1.40. The van der Waals surface area contributed by atoms with Crippen LogP contribution in [0.1, 0.15) is 29.9 Å². The Kier molecular flexibility index (Phi) is 3.74. The third-order valence-electron chi connectivity index (χ3n) is 1.82. The van der Waals surface area contributed by atoms with Crippen molar-refractivity contribution in [3.63, 3.8) is 0 Å². The molecule has 0 aliphatic rings. The maximum Gasteiger partial charge on any atom is 0.273 e. The number of hydrogen-bond acceptors (Lipinski definition) is 3. The number of rotatable bonds is 3. The first-order valence-corrected chi connectivity index (χ1v) is 4.70. The lowest BCUT2D eigenvalue weighted by Crippen LogP contribution is -2.31. The Hall–Kier alpha value is -1.49. The fourth-order valence-electron chi connectivity index (χ4n) is 1.13. The van der Waals surface area contributed by atoms with E-state index in [4.69, 9.17) is 5.73 Å². The Labute approximate surface area is 87.7 Å². The van der Waals surface area contributed by atoms with Crippen molar-refractivity contribution in [2.45, 2.75) is 26.4 Å². The zero-order valence-corrected chi connectivity index (χ0v) is 8.75. The number of aromatic nitrogens is 1. The number of halogens is 1. The quantitative estimate of drug-likeness (QED) is 0.777. The molecule has 0 aromatic carbocycles. The number of carbonyl (C=O) groups is 1. The fraction of sp³-hybridized carbons (Fsp3) is 0.400. The van der Waals surface area contributed by atoms with Crippen molar-refractivity contribution < 1.29 is 9.18 Å². The molecular weight excluding hydrogens is 197 g/mol. The van der Waals surface area contributed by atoms with Crippen LogP contribution in [0, 0.1) is 5.82 Å². The molecule has 0 radical (unpaired) electrons. The molecule has 0 saturated heterocycles. The van der Waals surface area contributed by atoms with E-state index in [1.54, 1.807) is 13.8 Å². The molecule has 0 atom stereocenters. The first-order valence-electron chi connectivity index (χ1n) is 4.70. The van der Waals surface area contributed by atoms with Gasteiger partial charge in [-0.15, -0.1) is 0 Å². The summed E-state index contributed by atoms with van der Waals surface area (Å²) in [6.07, 6.45) is 1.38. The van der Waals surface area contributed by atoms with Crippen LogP contribution < -0.4 is 11.1 Å². The van der Waals surface area contributed by atoms with E-state index in [1.807, 2.05) is 0 Å². The van der Waals surface area contributed by atoms with Crippen LogP contribution in [0.3, 0.4) is 0 Å². The molecule has 1 aromatic rings. The van der Waals surface area contributed by atoms with Gasteiger partial charge in [-0.25, -0.2) is 9.37 Å². The Morgan fingerprint density at radius 3 is 2.87 bits per heavy atom. The topological polar surface area (TPSA) is 68.0 Å². The number of nitrogens with two attached hydrogens (primary N) is 1. The molecule has 1 aromatic heterocycles. The molecule has 0 saturated carbocycles. The summed E-state index contributed by atoms with van der Waals surface area (Å²) in [5, 5.41) is 2.57. The largest absolute Gasteiger partial charge is 0.348 e. The lowest BCUT2D eigenvalue weighted by molar-refractivity contribution is 0.0933. The summed E-state index contributed by atoms with van der Waals surface area (Å²) >= 11 is 0. The Morgan fingerprint density at radius 2 is 2.33 bits per heavy atom. The van der Waals surface area contributed by atoms with Crippen molar-refractivity contribution >= 4 is 5.91 Å².